The summed E-state index contributed by atoms with van der Waals surface area (Å²) in [5, 5.41) is -0.0423. The van der Waals surface area contributed by atoms with Crippen LogP contribution in [0.3, 0.4) is 0 Å². The molecule has 0 spiro atoms. The lowest BCUT2D eigenvalue weighted by Gasteiger charge is -2.13. The highest BCUT2D eigenvalue weighted by Gasteiger charge is 2.16. The Morgan fingerprint density at radius 3 is 2.94 bits per heavy atom. The summed E-state index contributed by atoms with van der Waals surface area (Å²) in [6.45, 7) is 2.00. The van der Waals surface area contributed by atoms with Gasteiger partial charge in [-0.2, -0.15) is 0 Å². The summed E-state index contributed by atoms with van der Waals surface area (Å²) >= 11 is 5.74. The number of carbonyl (C=O) groups is 1. The maximum Gasteiger partial charge on any atom is 0.307 e. The van der Waals surface area contributed by atoms with Crippen molar-refractivity contribution in [1.29, 1.82) is 0 Å². The third-order valence-corrected chi connectivity index (χ3v) is 2.47. The summed E-state index contributed by atoms with van der Waals surface area (Å²) < 4.78 is 17.9. The van der Waals surface area contributed by atoms with E-state index in [0.29, 0.717) is 12.2 Å². The Balaban J connectivity index is 2.76. The van der Waals surface area contributed by atoms with E-state index in [2.05, 4.69) is 0 Å². The van der Waals surface area contributed by atoms with Gasteiger partial charge in [0.15, 0.2) is 0 Å². The van der Waals surface area contributed by atoms with Gasteiger partial charge >= 0.3 is 5.97 Å². The van der Waals surface area contributed by atoms with Crippen molar-refractivity contribution in [3.05, 3.63) is 34.6 Å². The molecular weight excluding hydrogens is 233 g/mol. The molecule has 0 aliphatic heterocycles. The predicted octanol–water partition coefficient (Wildman–Crippen LogP) is 2.43. The van der Waals surface area contributed by atoms with Crippen molar-refractivity contribution in [2.45, 2.75) is 19.4 Å². The number of rotatable bonds is 4. The molecule has 5 heteroatoms. The molecule has 3 nitrogen and oxygen atoms in total. The highest BCUT2D eigenvalue weighted by Crippen LogP contribution is 2.26. The molecule has 0 unspecified atom stereocenters. The third kappa shape index (κ3) is 3.18. The zero-order valence-electron chi connectivity index (χ0n) is 8.87. The van der Waals surface area contributed by atoms with Gasteiger partial charge < -0.3 is 10.5 Å². The summed E-state index contributed by atoms with van der Waals surface area (Å²) in [4.78, 5) is 11.2. The van der Waals surface area contributed by atoms with Crippen molar-refractivity contribution in [1.82, 2.24) is 0 Å². The number of carbonyl (C=O) groups excluding carboxylic acids is 1. The van der Waals surface area contributed by atoms with Crippen molar-refractivity contribution in [2.24, 2.45) is 5.73 Å². The van der Waals surface area contributed by atoms with Crippen molar-refractivity contribution in [3.8, 4) is 0 Å². The first kappa shape index (κ1) is 12.9. The average molecular weight is 246 g/mol. The maximum absolute atomic E-state index is 13.1. The lowest BCUT2D eigenvalue weighted by Crippen LogP contribution is -2.17. The first-order chi connectivity index (χ1) is 7.56. The van der Waals surface area contributed by atoms with Gasteiger partial charge in [0, 0.05) is 6.04 Å². The Morgan fingerprint density at radius 2 is 2.31 bits per heavy atom. The van der Waals surface area contributed by atoms with Gasteiger partial charge in [0.05, 0.1) is 18.1 Å². The van der Waals surface area contributed by atoms with Crippen LogP contribution in [-0.4, -0.2) is 12.6 Å². The summed E-state index contributed by atoms with van der Waals surface area (Å²) in [6, 6.07) is 3.68. The van der Waals surface area contributed by atoms with Crippen LogP contribution in [0.1, 0.15) is 24.9 Å². The molecule has 1 rings (SSSR count). The molecule has 1 atom stereocenters. The number of ether oxygens (including phenoxy) is 1. The second-order valence-electron chi connectivity index (χ2n) is 3.26. The third-order valence-electron chi connectivity index (χ3n) is 2.07. The standard InChI is InChI=1S/C11H13ClFNO2/c1-2-16-10(15)6-9(14)7-4-3-5-8(13)11(7)12/h3-5,9H,2,6,14H2,1H3/t9-/m0/s1. The molecule has 0 aliphatic rings. The lowest BCUT2D eigenvalue weighted by molar-refractivity contribution is -0.143. The van der Waals surface area contributed by atoms with Crippen LogP contribution < -0.4 is 5.73 Å². The molecule has 0 saturated heterocycles. The van der Waals surface area contributed by atoms with E-state index in [1.54, 1.807) is 13.0 Å². The molecule has 0 bridgehead atoms. The normalized spacial score (nSPS) is 12.2. The van der Waals surface area contributed by atoms with Crippen LogP contribution in [-0.2, 0) is 9.53 Å². The molecule has 16 heavy (non-hydrogen) atoms. The van der Waals surface area contributed by atoms with E-state index in [1.165, 1.54) is 12.1 Å². The Morgan fingerprint density at radius 1 is 1.62 bits per heavy atom. The van der Waals surface area contributed by atoms with Gasteiger partial charge in [-0.3, -0.25) is 4.79 Å². The zero-order chi connectivity index (χ0) is 12.1. The lowest BCUT2D eigenvalue weighted by atomic mass is 10.0. The van der Waals surface area contributed by atoms with Crippen molar-refractivity contribution in [2.75, 3.05) is 6.61 Å². The Bertz CT molecular complexity index is 384. The molecule has 2 N–H and O–H groups in total. The van der Waals surface area contributed by atoms with E-state index >= 15 is 0 Å². The van der Waals surface area contributed by atoms with Crippen LogP contribution in [0.15, 0.2) is 18.2 Å². The van der Waals surface area contributed by atoms with E-state index < -0.39 is 17.8 Å². The first-order valence-corrected chi connectivity index (χ1v) is 5.29. The van der Waals surface area contributed by atoms with Crippen LogP contribution in [0.4, 0.5) is 4.39 Å². The number of hydrogen-bond acceptors (Lipinski definition) is 3. The van der Waals surface area contributed by atoms with Gasteiger partial charge in [-0.05, 0) is 18.6 Å². The van der Waals surface area contributed by atoms with E-state index in [9.17, 15) is 9.18 Å². The summed E-state index contributed by atoms with van der Waals surface area (Å²) in [5.74, 6) is -0.964. The average Bonchev–Trinajstić information content (AvgIpc) is 2.22. The van der Waals surface area contributed by atoms with Crippen LogP contribution in [0, 0.1) is 5.82 Å². The summed E-state index contributed by atoms with van der Waals surface area (Å²) in [5.41, 5.74) is 6.16. The van der Waals surface area contributed by atoms with E-state index in [0.717, 1.165) is 0 Å². The SMILES string of the molecule is CCOC(=O)C[C@H](N)c1cccc(F)c1Cl. The molecule has 0 saturated carbocycles. The molecule has 88 valence electrons. The van der Waals surface area contributed by atoms with E-state index in [-0.39, 0.29) is 11.4 Å². The number of hydrogen-bond donors (Lipinski definition) is 1. The minimum Gasteiger partial charge on any atom is -0.466 e. The van der Waals surface area contributed by atoms with Gasteiger partial charge in [-0.25, -0.2) is 4.39 Å². The van der Waals surface area contributed by atoms with Crippen molar-refractivity contribution in [3.63, 3.8) is 0 Å². The molecule has 0 amide bonds. The molecule has 1 aromatic carbocycles. The predicted molar refractivity (Wildman–Crippen MR) is 59.6 cm³/mol. The van der Waals surface area contributed by atoms with Gasteiger partial charge in [0.1, 0.15) is 5.82 Å². The molecular formula is C11H13ClFNO2. The molecule has 0 radical (unpaired) electrons. The highest BCUT2D eigenvalue weighted by atomic mass is 35.5. The zero-order valence-corrected chi connectivity index (χ0v) is 9.63. The number of benzene rings is 1. The van der Waals surface area contributed by atoms with Gasteiger partial charge in [-0.1, -0.05) is 23.7 Å². The molecule has 0 aliphatic carbocycles. The van der Waals surface area contributed by atoms with E-state index in [1.807, 2.05) is 0 Å². The van der Waals surface area contributed by atoms with E-state index in [4.69, 9.17) is 22.1 Å². The van der Waals surface area contributed by atoms with Gasteiger partial charge in [0.2, 0.25) is 0 Å². The fourth-order valence-corrected chi connectivity index (χ4v) is 1.58. The van der Waals surface area contributed by atoms with Crippen LogP contribution in [0.25, 0.3) is 0 Å². The minimum absolute atomic E-state index is 0.0169. The largest absolute Gasteiger partial charge is 0.466 e. The number of esters is 1. The van der Waals surface area contributed by atoms with Crippen molar-refractivity contribution >= 4 is 17.6 Å². The van der Waals surface area contributed by atoms with Gasteiger partial charge in [0.25, 0.3) is 0 Å². The molecule has 0 heterocycles. The summed E-state index contributed by atoms with van der Waals surface area (Å²) in [6.07, 6.45) is -0.0169. The molecule has 1 aromatic rings. The summed E-state index contributed by atoms with van der Waals surface area (Å²) in [7, 11) is 0. The quantitative estimate of drug-likeness (QED) is 0.829. The topological polar surface area (TPSA) is 52.3 Å². The maximum atomic E-state index is 13.1. The Hall–Kier alpha value is -1.13. The second-order valence-corrected chi connectivity index (χ2v) is 3.64. The minimum atomic E-state index is -0.651. The van der Waals surface area contributed by atoms with Crippen LogP contribution in [0.2, 0.25) is 5.02 Å². The number of nitrogens with two attached hydrogens (primary N) is 1. The second kappa shape index (κ2) is 5.82. The number of halogens is 2. The van der Waals surface area contributed by atoms with Crippen LogP contribution in [0.5, 0.6) is 0 Å². The van der Waals surface area contributed by atoms with Crippen molar-refractivity contribution < 1.29 is 13.9 Å². The van der Waals surface area contributed by atoms with Crippen LogP contribution >= 0.6 is 11.6 Å². The Kier molecular flexibility index (Phi) is 4.71. The fourth-order valence-electron chi connectivity index (χ4n) is 1.32. The molecule has 0 aromatic heterocycles. The fraction of sp³-hybridized carbons (Fsp3) is 0.364. The highest BCUT2D eigenvalue weighted by molar-refractivity contribution is 6.31. The molecule has 0 fully saturated rings. The Labute approximate surface area is 98.3 Å². The monoisotopic (exact) mass is 245 g/mol. The first-order valence-electron chi connectivity index (χ1n) is 4.91. The smallest absolute Gasteiger partial charge is 0.307 e. The van der Waals surface area contributed by atoms with Gasteiger partial charge in [-0.15, -0.1) is 0 Å².